The molecule has 2 saturated heterocycles. The molecule has 2 amide bonds. The Morgan fingerprint density at radius 3 is 2.82 bits per heavy atom. The van der Waals surface area contributed by atoms with E-state index in [4.69, 9.17) is 15.2 Å². The number of amides is 2. The molecule has 8 heteroatoms. The van der Waals surface area contributed by atoms with E-state index >= 15 is 0 Å². The lowest BCUT2D eigenvalue weighted by Gasteiger charge is -2.44. The maximum atomic E-state index is 13.4. The van der Waals surface area contributed by atoms with E-state index in [0.717, 1.165) is 39.0 Å². The number of carbonyl (C=O) groups is 2. The fourth-order valence-corrected chi connectivity index (χ4v) is 4.90. The number of likely N-dealkylation sites (tertiary alicyclic amines) is 1. The Labute approximate surface area is 197 Å². The summed E-state index contributed by atoms with van der Waals surface area (Å²) in [6, 6.07) is 6.80. The Hall–Kier alpha value is -2.16. The Balaban J connectivity index is 1.79. The van der Waals surface area contributed by atoms with Gasteiger partial charge >= 0.3 is 0 Å². The Kier molecular flexibility index (Phi) is 9.52. The van der Waals surface area contributed by atoms with E-state index in [0.29, 0.717) is 43.3 Å². The second kappa shape index (κ2) is 12.3. The van der Waals surface area contributed by atoms with Gasteiger partial charge in [-0.1, -0.05) is 19.9 Å². The van der Waals surface area contributed by atoms with Crippen LogP contribution in [0.4, 0.5) is 0 Å². The van der Waals surface area contributed by atoms with Crippen molar-refractivity contribution in [3.63, 3.8) is 0 Å². The summed E-state index contributed by atoms with van der Waals surface area (Å²) in [6.07, 6.45) is 3.88. The van der Waals surface area contributed by atoms with Gasteiger partial charge in [-0.2, -0.15) is 0 Å². The molecule has 3 atom stereocenters. The number of benzene rings is 1. The van der Waals surface area contributed by atoms with Crippen molar-refractivity contribution in [1.82, 2.24) is 15.1 Å². The number of nitrogens with one attached hydrogen (secondary N) is 1. The number of nitrogens with zero attached hydrogens (tertiary/aromatic N) is 2. The summed E-state index contributed by atoms with van der Waals surface area (Å²) in [5.41, 5.74) is 6.14. The third kappa shape index (κ3) is 6.91. The van der Waals surface area contributed by atoms with Gasteiger partial charge in [0.15, 0.2) is 0 Å². The maximum Gasteiger partial charge on any atom is 0.254 e. The number of carbonyl (C=O) groups excluding carboxylic acids is 2. The normalized spacial score (nSPS) is 23.2. The highest BCUT2D eigenvalue weighted by atomic mass is 16.5. The van der Waals surface area contributed by atoms with Gasteiger partial charge in [-0.15, -0.1) is 0 Å². The van der Waals surface area contributed by atoms with Crippen molar-refractivity contribution in [2.45, 2.75) is 57.7 Å². The van der Waals surface area contributed by atoms with Crippen molar-refractivity contribution in [1.29, 1.82) is 0 Å². The molecule has 2 unspecified atom stereocenters. The molecule has 1 aromatic rings. The van der Waals surface area contributed by atoms with Crippen LogP contribution >= 0.6 is 0 Å². The van der Waals surface area contributed by atoms with Crippen LogP contribution in [0, 0.1) is 5.92 Å². The molecule has 0 aliphatic carbocycles. The molecule has 0 saturated carbocycles. The molecule has 3 rings (SSSR count). The van der Waals surface area contributed by atoms with E-state index in [1.807, 2.05) is 6.07 Å². The smallest absolute Gasteiger partial charge is 0.254 e. The summed E-state index contributed by atoms with van der Waals surface area (Å²) in [6.45, 7) is 8.39. The average molecular weight is 461 g/mol. The van der Waals surface area contributed by atoms with Gasteiger partial charge < -0.3 is 25.4 Å². The monoisotopic (exact) mass is 460 g/mol. The van der Waals surface area contributed by atoms with Crippen molar-refractivity contribution in [3.8, 4) is 5.75 Å². The fraction of sp³-hybridized carbons (Fsp3) is 0.680. The van der Waals surface area contributed by atoms with E-state index in [2.05, 4.69) is 24.1 Å². The van der Waals surface area contributed by atoms with Gasteiger partial charge in [0.2, 0.25) is 5.91 Å². The lowest BCUT2D eigenvalue weighted by molar-refractivity contribution is -0.127. The summed E-state index contributed by atoms with van der Waals surface area (Å²) in [4.78, 5) is 30.8. The van der Waals surface area contributed by atoms with Gasteiger partial charge in [0.1, 0.15) is 11.8 Å². The third-order valence-corrected chi connectivity index (χ3v) is 6.48. The first-order valence-electron chi connectivity index (χ1n) is 12.2. The SMILES string of the molecule is COc1cccc(C(=O)N2CCC(N(CC(C)C)CC3CCCO3)C[C@@H]2C(=O)NCCN)c1. The molecule has 0 spiro atoms. The highest BCUT2D eigenvalue weighted by molar-refractivity contribution is 5.98. The number of ether oxygens (including phenoxy) is 2. The van der Waals surface area contributed by atoms with Crippen molar-refractivity contribution in [2.24, 2.45) is 11.7 Å². The predicted octanol–water partition coefficient (Wildman–Crippen LogP) is 1.88. The second-order valence-corrected chi connectivity index (χ2v) is 9.49. The molecule has 3 N–H and O–H groups in total. The van der Waals surface area contributed by atoms with E-state index in [-0.39, 0.29) is 24.0 Å². The first-order valence-corrected chi connectivity index (χ1v) is 12.2. The van der Waals surface area contributed by atoms with Crippen LogP contribution in [-0.2, 0) is 9.53 Å². The highest BCUT2D eigenvalue weighted by Gasteiger charge is 2.39. The molecule has 2 fully saturated rings. The van der Waals surface area contributed by atoms with Gasteiger partial charge in [-0.05, 0) is 49.8 Å². The molecule has 2 aliphatic rings. The molecule has 0 aromatic heterocycles. The first kappa shape index (κ1) is 25.5. The lowest BCUT2D eigenvalue weighted by atomic mass is 9.93. The highest BCUT2D eigenvalue weighted by Crippen LogP contribution is 2.27. The summed E-state index contributed by atoms with van der Waals surface area (Å²) < 4.78 is 11.2. The fourth-order valence-electron chi connectivity index (χ4n) is 4.90. The molecular formula is C25H40N4O4. The molecular weight excluding hydrogens is 420 g/mol. The van der Waals surface area contributed by atoms with Gasteiger partial charge in [-0.3, -0.25) is 14.5 Å². The van der Waals surface area contributed by atoms with Crippen LogP contribution in [0.5, 0.6) is 5.75 Å². The van der Waals surface area contributed by atoms with Crippen LogP contribution in [0.3, 0.4) is 0 Å². The summed E-state index contributed by atoms with van der Waals surface area (Å²) in [5, 5.41) is 2.91. The Morgan fingerprint density at radius 1 is 1.33 bits per heavy atom. The minimum absolute atomic E-state index is 0.136. The van der Waals surface area contributed by atoms with E-state index in [1.165, 1.54) is 0 Å². The molecule has 2 heterocycles. The molecule has 8 nitrogen and oxygen atoms in total. The molecule has 2 aliphatic heterocycles. The number of methoxy groups -OCH3 is 1. The minimum Gasteiger partial charge on any atom is -0.497 e. The number of rotatable bonds is 10. The second-order valence-electron chi connectivity index (χ2n) is 9.49. The first-order chi connectivity index (χ1) is 15.9. The zero-order valence-electron chi connectivity index (χ0n) is 20.3. The standard InChI is InChI=1S/C25H40N4O4/c1-18(2)16-28(17-22-8-5-13-33-22)20-9-12-29(23(15-20)24(30)27-11-10-26)25(31)19-6-4-7-21(14-19)32-3/h4,6-7,14,18,20,22-23H,5,8-13,15-17,26H2,1-3H3,(H,27,30)/t20?,22?,23-/m1/s1. The summed E-state index contributed by atoms with van der Waals surface area (Å²) in [7, 11) is 1.58. The van der Waals surface area contributed by atoms with Crippen LogP contribution in [0.15, 0.2) is 24.3 Å². The van der Waals surface area contributed by atoms with Crippen LogP contribution < -0.4 is 15.8 Å². The van der Waals surface area contributed by atoms with Crippen LogP contribution in [0.1, 0.15) is 49.9 Å². The van der Waals surface area contributed by atoms with Crippen molar-refractivity contribution in [2.75, 3.05) is 46.4 Å². The molecule has 184 valence electrons. The Bertz CT molecular complexity index is 781. The van der Waals surface area contributed by atoms with Crippen LogP contribution in [0.2, 0.25) is 0 Å². The largest absolute Gasteiger partial charge is 0.497 e. The number of nitrogens with two attached hydrogens (primary N) is 1. The molecule has 0 radical (unpaired) electrons. The van der Waals surface area contributed by atoms with Crippen molar-refractivity contribution < 1.29 is 19.1 Å². The quantitative estimate of drug-likeness (QED) is 0.553. The maximum absolute atomic E-state index is 13.4. The average Bonchev–Trinajstić information content (AvgIpc) is 3.34. The van der Waals surface area contributed by atoms with Gasteiger partial charge in [0.25, 0.3) is 5.91 Å². The zero-order chi connectivity index (χ0) is 23.8. The van der Waals surface area contributed by atoms with Crippen molar-refractivity contribution >= 4 is 11.8 Å². The van der Waals surface area contributed by atoms with Gasteiger partial charge in [-0.25, -0.2) is 0 Å². The van der Waals surface area contributed by atoms with E-state index in [9.17, 15) is 9.59 Å². The summed E-state index contributed by atoms with van der Waals surface area (Å²) in [5.74, 6) is 0.852. The van der Waals surface area contributed by atoms with Crippen LogP contribution in [-0.4, -0.2) is 86.2 Å². The molecule has 33 heavy (non-hydrogen) atoms. The minimum atomic E-state index is -0.534. The van der Waals surface area contributed by atoms with Gasteiger partial charge in [0, 0.05) is 50.9 Å². The topological polar surface area (TPSA) is 97.1 Å². The van der Waals surface area contributed by atoms with Crippen LogP contribution in [0.25, 0.3) is 0 Å². The zero-order valence-corrected chi connectivity index (χ0v) is 20.3. The molecule has 0 bridgehead atoms. The lowest BCUT2D eigenvalue weighted by Crippen LogP contribution is -2.58. The van der Waals surface area contributed by atoms with Gasteiger partial charge in [0.05, 0.1) is 13.2 Å². The van der Waals surface area contributed by atoms with E-state index < -0.39 is 6.04 Å². The molecule has 1 aromatic carbocycles. The number of hydrogen-bond acceptors (Lipinski definition) is 6. The summed E-state index contributed by atoms with van der Waals surface area (Å²) >= 11 is 0. The number of piperidine rings is 1. The van der Waals surface area contributed by atoms with E-state index in [1.54, 1.807) is 30.2 Å². The Morgan fingerprint density at radius 2 is 2.15 bits per heavy atom. The van der Waals surface area contributed by atoms with Crippen molar-refractivity contribution in [3.05, 3.63) is 29.8 Å². The predicted molar refractivity (Wildman–Crippen MR) is 128 cm³/mol. The third-order valence-electron chi connectivity index (χ3n) is 6.48. The number of hydrogen-bond donors (Lipinski definition) is 2.